The lowest BCUT2D eigenvalue weighted by Crippen LogP contribution is -2.42. The topological polar surface area (TPSA) is 122 Å². The maximum absolute atomic E-state index is 12.6. The second-order valence-electron chi connectivity index (χ2n) is 7.00. The fourth-order valence-electron chi connectivity index (χ4n) is 3.17. The minimum Gasteiger partial charge on any atom is -0.298 e. The Morgan fingerprint density at radius 2 is 1.87 bits per heavy atom. The van der Waals surface area contributed by atoms with Crippen molar-refractivity contribution >= 4 is 22.7 Å². The lowest BCUT2D eigenvalue weighted by atomic mass is 10.1. The largest absolute Gasteiger partial charge is 0.298 e. The maximum atomic E-state index is 12.6. The molecule has 9 heteroatoms. The molecule has 0 unspecified atom stereocenters. The number of amides is 2. The zero-order valence-electron chi connectivity index (χ0n) is 16.8. The van der Waals surface area contributed by atoms with Crippen LogP contribution >= 0.6 is 0 Å². The molecule has 31 heavy (non-hydrogen) atoms. The van der Waals surface area contributed by atoms with E-state index in [4.69, 9.17) is 0 Å². The van der Waals surface area contributed by atoms with Crippen molar-refractivity contribution in [1.29, 1.82) is 0 Å². The minimum atomic E-state index is -0.525. The van der Waals surface area contributed by atoms with E-state index in [-0.39, 0.29) is 24.2 Å². The molecule has 2 heterocycles. The summed E-state index contributed by atoms with van der Waals surface area (Å²) in [6, 6.07) is 16.4. The van der Waals surface area contributed by atoms with Crippen molar-refractivity contribution in [3.63, 3.8) is 0 Å². The molecule has 0 spiro atoms. The molecule has 0 radical (unpaired) electrons. The van der Waals surface area contributed by atoms with E-state index in [1.807, 2.05) is 43.3 Å². The summed E-state index contributed by atoms with van der Waals surface area (Å²) in [6.07, 6.45) is 1.43. The maximum Gasteiger partial charge on any atom is 0.287 e. The second-order valence-corrected chi connectivity index (χ2v) is 7.00. The predicted molar refractivity (Wildman–Crippen MR) is 115 cm³/mol. The number of carbonyl (C=O) groups excluding carboxylic acids is 2. The molecule has 0 bridgehead atoms. The number of aromatic amines is 1. The highest BCUT2D eigenvalue weighted by Gasteiger charge is 2.12. The number of carbonyl (C=O) groups is 2. The number of benzene rings is 2. The summed E-state index contributed by atoms with van der Waals surface area (Å²) < 4.78 is 1.38. The monoisotopic (exact) mass is 416 g/mol. The summed E-state index contributed by atoms with van der Waals surface area (Å²) in [5.74, 6) is -0.963. The van der Waals surface area contributed by atoms with E-state index in [1.165, 1.54) is 10.9 Å². The van der Waals surface area contributed by atoms with Gasteiger partial charge in [-0.3, -0.25) is 34.9 Å². The molecule has 2 aromatic carbocycles. The van der Waals surface area contributed by atoms with Gasteiger partial charge >= 0.3 is 0 Å². The first kappa shape index (κ1) is 20.0. The van der Waals surface area contributed by atoms with Crippen LogP contribution in [0.25, 0.3) is 22.2 Å². The number of aromatic nitrogens is 4. The number of nitrogens with zero attached hydrogens (tertiary/aromatic N) is 3. The summed E-state index contributed by atoms with van der Waals surface area (Å²) in [6.45, 7) is 2.03. The van der Waals surface area contributed by atoms with Crippen molar-refractivity contribution < 1.29 is 9.59 Å². The van der Waals surface area contributed by atoms with Crippen LogP contribution in [0.3, 0.4) is 0 Å². The van der Waals surface area contributed by atoms with Gasteiger partial charge in [0.05, 0.1) is 22.9 Å². The summed E-state index contributed by atoms with van der Waals surface area (Å²) in [7, 11) is 0. The van der Waals surface area contributed by atoms with Gasteiger partial charge in [-0.25, -0.2) is 4.98 Å². The van der Waals surface area contributed by atoms with Crippen LogP contribution in [0.1, 0.15) is 22.5 Å². The highest BCUT2D eigenvalue weighted by atomic mass is 16.2. The number of aryl methyl sites for hydroxylation is 2. The van der Waals surface area contributed by atoms with Gasteiger partial charge in [-0.05, 0) is 24.6 Å². The zero-order valence-corrected chi connectivity index (χ0v) is 16.8. The van der Waals surface area contributed by atoms with Gasteiger partial charge in [0.1, 0.15) is 5.69 Å². The van der Waals surface area contributed by atoms with Crippen LogP contribution < -0.4 is 16.4 Å². The predicted octanol–water partition coefficient (Wildman–Crippen LogP) is 1.95. The van der Waals surface area contributed by atoms with Crippen molar-refractivity contribution in [2.45, 2.75) is 19.9 Å². The molecule has 0 saturated heterocycles. The van der Waals surface area contributed by atoms with E-state index in [0.717, 1.165) is 11.1 Å². The highest BCUT2D eigenvalue weighted by molar-refractivity contribution is 5.94. The quantitative estimate of drug-likeness (QED) is 0.429. The number of fused-ring (bicyclic) bond motifs is 1. The number of para-hydroxylation sites is 1. The van der Waals surface area contributed by atoms with Crippen LogP contribution in [0.2, 0.25) is 0 Å². The van der Waals surface area contributed by atoms with Crippen LogP contribution in [0, 0.1) is 6.92 Å². The summed E-state index contributed by atoms with van der Waals surface area (Å²) in [5.41, 5.74) is 7.73. The second kappa shape index (κ2) is 8.62. The Balaban J connectivity index is 1.33. The fourth-order valence-corrected chi connectivity index (χ4v) is 3.17. The SMILES string of the molecule is Cc1cccc2c(=O)n(CCC(=O)NNC(=O)c3cc(-c4ccccc4)n[nH]3)cnc12. The first-order valence-electron chi connectivity index (χ1n) is 9.68. The van der Waals surface area contributed by atoms with E-state index in [9.17, 15) is 14.4 Å². The lowest BCUT2D eigenvalue weighted by Gasteiger charge is -2.09. The third kappa shape index (κ3) is 4.35. The molecule has 4 rings (SSSR count). The first-order valence-corrected chi connectivity index (χ1v) is 9.68. The molecule has 0 aliphatic rings. The molecule has 0 fully saturated rings. The average Bonchev–Trinajstić information content (AvgIpc) is 3.29. The van der Waals surface area contributed by atoms with Gasteiger partial charge in [0.2, 0.25) is 5.91 Å². The van der Waals surface area contributed by atoms with Gasteiger partial charge in [0.15, 0.2) is 0 Å². The molecule has 0 aliphatic heterocycles. The Morgan fingerprint density at radius 3 is 2.68 bits per heavy atom. The standard InChI is InChI=1S/C22H20N6O3/c1-14-6-5-9-16-20(14)23-13-28(22(16)31)11-10-19(29)26-27-21(30)18-12-17(24-25-18)15-7-3-2-4-8-15/h2-9,12-13H,10-11H2,1H3,(H,24,25)(H,26,29)(H,27,30). The van der Waals surface area contributed by atoms with Gasteiger partial charge in [0.25, 0.3) is 11.5 Å². The Bertz CT molecular complexity index is 1310. The molecule has 2 aromatic heterocycles. The normalized spacial score (nSPS) is 10.7. The average molecular weight is 416 g/mol. The van der Waals surface area contributed by atoms with E-state index in [0.29, 0.717) is 16.6 Å². The van der Waals surface area contributed by atoms with Crippen molar-refractivity contribution in [1.82, 2.24) is 30.6 Å². The number of nitrogens with one attached hydrogen (secondary N) is 3. The highest BCUT2D eigenvalue weighted by Crippen LogP contribution is 2.16. The molecule has 0 saturated carbocycles. The van der Waals surface area contributed by atoms with Gasteiger partial charge in [0, 0.05) is 18.5 Å². The molecule has 0 aliphatic carbocycles. The van der Waals surface area contributed by atoms with Crippen LogP contribution in [0.5, 0.6) is 0 Å². The van der Waals surface area contributed by atoms with E-state index in [2.05, 4.69) is 26.0 Å². The molecule has 0 atom stereocenters. The Kier molecular flexibility index (Phi) is 5.57. The van der Waals surface area contributed by atoms with Gasteiger partial charge in [-0.2, -0.15) is 5.10 Å². The number of H-pyrrole nitrogens is 1. The van der Waals surface area contributed by atoms with Crippen LogP contribution in [0.15, 0.2) is 65.7 Å². The molecule has 2 amide bonds. The van der Waals surface area contributed by atoms with Crippen molar-refractivity contribution in [2.24, 2.45) is 0 Å². The molecular weight excluding hydrogens is 396 g/mol. The third-order valence-electron chi connectivity index (χ3n) is 4.84. The van der Waals surface area contributed by atoms with Crippen molar-refractivity contribution in [2.75, 3.05) is 0 Å². The van der Waals surface area contributed by atoms with E-state index < -0.39 is 11.8 Å². The molecule has 4 aromatic rings. The number of hydrazine groups is 1. The molecule has 156 valence electrons. The fraction of sp³-hybridized carbons (Fsp3) is 0.136. The van der Waals surface area contributed by atoms with Crippen molar-refractivity contribution in [3.05, 3.63) is 82.5 Å². The minimum absolute atomic E-state index is 0.00255. The van der Waals surface area contributed by atoms with Gasteiger partial charge in [-0.15, -0.1) is 0 Å². The smallest absolute Gasteiger partial charge is 0.287 e. The molecular formula is C22H20N6O3. The van der Waals surface area contributed by atoms with Crippen LogP contribution in [-0.4, -0.2) is 31.6 Å². The number of rotatable bonds is 5. The van der Waals surface area contributed by atoms with Crippen LogP contribution in [-0.2, 0) is 11.3 Å². The van der Waals surface area contributed by atoms with E-state index in [1.54, 1.807) is 18.2 Å². The lowest BCUT2D eigenvalue weighted by molar-refractivity contribution is -0.122. The Morgan fingerprint density at radius 1 is 1.06 bits per heavy atom. The van der Waals surface area contributed by atoms with Gasteiger partial charge < -0.3 is 0 Å². The first-order chi connectivity index (χ1) is 15.0. The number of hydrogen-bond acceptors (Lipinski definition) is 5. The molecule has 3 N–H and O–H groups in total. The Labute approximate surface area is 177 Å². The van der Waals surface area contributed by atoms with Gasteiger partial charge in [-0.1, -0.05) is 42.5 Å². The van der Waals surface area contributed by atoms with Crippen LogP contribution in [0.4, 0.5) is 0 Å². The summed E-state index contributed by atoms with van der Waals surface area (Å²) in [4.78, 5) is 41.2. The summed E-state index contributed by atoms with van der Waals surface area (Å²) >= 11 is 0. The number of hydrogen-bond donors (Lipinski definition) is 3. The Hall–Kier alpha value is -4.27. The summed E-state index contributed by atoms with van der Waals surface area (Å²) in [5, 5.41) is 7.26. The molecule has 9 nitrogen and oxygen atoms in total. The zero-order chi connectivity index (χ0) is 21.8. The van der Waals surface area contributed by atoms with E-state index >= 15 is 0 Å². The van der Waals surface area contributed by atoms with Crippen molar-refractivity contribution in [3.8, 4) is 11.3 Å². The third-order valence-corrected chi connectivity index (χ3v) is 4.84.